The molecule has 0 atom stereocenters. The molecular weight excluding hydrogens is 339 g/mol. The molecule has 23 heavy (non-hydrogen) atoms. The van der Waals surface area contributed by atoms with Crippen LogP contribution in [0.4, 0.5) is 11.6 Å². The zero-order valence-electron chi connectivity index (χ0n) is 12.9. The van der Waals surface area contributed by atoms with E-state index in [4.69, 9.17) is 23.2 Å². The Morgan fingerprint density at radius 3 is 2.00 bits per heavy atom. The molecule has 0 unspecified atom stereocenters. The Kier molecular flexibility index (Phi) is 4.44. The molecule has 124 valence electrons. The summed E-state index contributed by atoms with van der Waals surface area (Å²) in [4.78, 5) is 16.8. The number of rotatable bonds is 6. The van der Waals surface area contributed by atoms with Gasteiger partial charge in [-0.2, -0.15) is 9.97 Å². The van der Waals surface area contributed by atoms with E-state index in [0.717, 1.165) is 6.54 Å². The fraction of sp³-hybridized carbons (Fsp3) is 0.571. The molecule has 1 saturated carbocycles. The molecule has 0 aliphatic heterocycles. The van der Waals surface area contributed by atoms with E-state index in [0.29, 0.717) is 28.6 Å². The van der Waals surface area contributed by atoms with Gasteiger partial charge in [0.15, 0.2) is 11.6 Å². The van der Waals surface area contributed by atoms with Gasteiger partial charge in [0.25, 0.3) is 0 Å². The van der Waals surface area contributed by atoms with Crippen LogP contribution in [0.25, 0.3) is 11.0 Å². The van der Waals surface area contributed by atoms with E-state index in [-0.39, 0.29) is 17.1 Å². The first-order valence-corrected chi connectivity index (χ1v) is 8.18. The normalized spacial score (nSPS) is 15.0. The van der Waals surface area contributed by atoms with E-state index in [1.807, 2.05) is 0 Å². The monoisotopic (exact) mass is 356 g/mol. The van der Waals surface area contributed by atoms with E-state index < -0.39 is 5.60 Å². The van der Waals surface area contributed by atoms with Gasteiger partial charge in [-0.05, 0) is 55.8 Å². The molecule has 3 N–H and O–H groups in total. The third-order valence-electron chi connectivity index (χ3n) is 3.43. The number of hydrogen-bond donors (Lipinski definition) is 3. The number of hydrogen-bond acceptors (Lipinski definition) is 7. The second kappa shape index (κ2) is 6.22. The molecule has 1 fully saturated rings. The van der Waals surface area contributed by atoms with Crippen molar-refractivity contribution in [2.45, 2.75) is 32.3 Å². The fourth-order valence-corrected chi connectivity index (χ4v) is 2.41. The number of anilines is 2. The summed E-state index contributed by atoms with van der Waals surface area (Å²) in [7, 11) is 0. The number of halogens is 2. The minimum absolute atomic E-state index is 0.0798. The summed E-state index contributed by atoms with van der Waals surface area (Å²) < 4.78 is 0. The number of aliphatic hydroxyl groups is 1. The van der Waals surface area contributed by atoms with Gasteiger partial charge in [0.2, 0.25) is 10.6 Å². The van der Waals surface area contributed by atoms with E-state index >= 15 is 0 Å². The Bertz CT molecular complexity index is 729. The van der Waals surface area contributed by atoms with Crippen molar-refractivity contribution in [1.29, 1.82) is 0 Å². The lowest BCUT2D eigenvalue weighted by molar-refractivity contribution is 0.0944. The summed E-state index contributed by atoms with van der Waals surface area (Å²) in [5.74, 6) is 1.63. The first kappa shape index (κ1) is 16.4. The summed E-state index contributed by atoms with van der Waals surface area (Å²) in [5, 5.41) is 16.3. The molecule has 0 amide bonds. The van der Waals surface area contributed by atoms with Crippen LogP contribution < -0.4 is 10.6 Å². The van der Waals surface area contributed by atoms with Crippen molar-refractivity contribution in [2.75, 3.05) is 23.7 Å². The second-order valence-electron chi connectivity index (χ2n) is 6.37. The van der Waals surface area contributed by atoms with Crippen LogP contribution in [0.1, 0.15) is 26.7 Å². The molecule has 2 aromatic rings. The van der Waals surface area contributed by atoms with Gasteiger partial charge in [0.05, 0.1) is 5.60 Å². The van der Waals surface area contributed by atoms with Gasteiger partial charge in [-0.25, -0.2) is 9.97 Å². The van der Waals surface area contributed by atoms with Gasteiger partial charge in [-0.15, -0.1) is 0 Å². The first-order chi connectivity index (χ1) is 10.8. The van der Waals surface area contributed by atoms with Crippen molar-refractivity contribution in [3.05, 3.63) is 10.6 Å². The zero-order valence-corrected chi connectivity index (χ0v) is 14.4. The number of fused-ring (bicyclic) bond motifs is 1. The maximum Gasteiger partial charge on any atom is 0.225 e. The quantitative estimate of drug-likeness (QED) is 0.684. The minimum atomic E-state index is -0.909. The molecule has 9 heteroatoms. The molecule has 0 bridgehead atoms. The van der Waals surface area contributed by atoms with Crippen molar-refractivity contribution < 1.29 is 5.11 Å². The molecule has 0 aromatic carbocycles. The van der Waals surface area contributed by atoms with Crippen LogP contribution in [-0.2, 0) is 0 Å². The Morgan fingerprint density at radius 2 is 1.52 bits per heavy atom. The summed E-state index contributed by atoms with van der Waals surface area (Å²) >= 11 is 12.0. The highest BCUT2D eigenvalue weighted by Crippen LogP contribution is 2.31. The van der Waals surface area contributed by atoms with Crippen molar-refractivity contribution in [2.24, 2.45) is 5.92 Å². The first-order valence-electron chi connectivity index (χ1n) is 7.43. The lowest BCUT2D eigenvalue weighted by atomic mass is 10.1. The minimum Gasteiger partial charge on any atom is -0.389 e. The van der Waals surface area contributed by atoms with Crippen LogP contribution in [0.2, 0.25) is 10.6 Å². The molecule has 0 radical (unpaired) electrons. The van der Waals surface area contributed by atoms with E-state index in [2.05, 4.69) is 30.6 Å². The van der Waals surface area contributed by atoms with Gasteiger partial charge in [-0.3, -0.25) is 0 Å². The molecule has 7 nitrogen and oxygen atoms in total. The van der Waals surface area contributed by atoms with Crippen LogP contribution in [0.3, 0.4) is 0 Å². The highest BCUT2D eigenvalue weighted by Gasteiger charge is 2.22. The Hall–Kier alpha value is -1.44. The number of nitrogens with one attached hydrogen (secondary N) is 2. The topological polar surface area (TPSA) is 95.8 Å². The van der Waals surface area contributed by atoms with Crippen LogP contribution in [0, 0.1) is 5.92 Å². The average molecular weight is 357 g/mol. The maximum absolute atomic E-state index is 9.87. The lowest BCUT2D eigenvalue weighted by Gasteiger charge is -2.19. The number of nitrogens with zero attached hydrogens (tertiary/aromatic N) is 4. The smallest absolute Gasteiger partial charge is 0.225 e. The molecule has 0 spiro atoms. The highest BCUT2D eigenvalue weighted by atomic mass is 35.5. The molecule has 3 rings (SSSR count). The van der Waals surface area contributed by atoms with Crippen LogP contribution in [0.15, 0.2) is 0 Å². The maximum atomic E-state index is 9.87. The van der Waals surface area contributed by atoms with E-state index in [1.54, 1.807) is 13.8 Å². The zero-order chi connectivity index (χ0) is 16.6. The van der Waals surface area contributed by atoms with Gasteiger partial charge in [-0.1, -0.05) is 0 Å². The predicted molar refractivity (Wildman–Crippen MR) is 91.1 cm³/mol. The SMILES string of the molecule is CC(C)(O)CNc1nc(Cl)nc2c(NCC3CC3)nc(Cl)nc12. The standard InChI is InChI=1S/C14H18Cl2N6O/c1-14(2,23)6-18-11-9-8(19-13(16)22-11)10(21-12(15)20-9)17-5-7-3-4-7/h7,23H,3-6H2,1-2H3,(H,17,20,21)(H,18,19,22). The largest absolute Gasteiger partial charge is 0.389 e. The summed E-state index contributed by atoms with van der Waals surface area (Å²) in [6, 6.07) is 0. The van der Waals surface area contributed by atoms with Crippen molar-refractivity contribution in [3.8, 4) is 0 Å². The molecule has 1 aliphatic carbocycles. The van der Waals surface area contributed by atoms with E-state index in [1.165, 1.54) is 12.8 Å². The van der Waals surface area contributed by atoms with Gasteiger partial charge < -0.3 is 15.7 Å². The van der Waals surface area contributed by atoms with E-state index in [9.17, 15) is 5.11 Å². The van der Waals surface area contributed by atoms with Crippen molar-refractivity contribution >= 4 is 45.9 Å². The lowest BCUT2D eigenvalue weighted by Crippen LogP contribution is -2.29. The fourth-order valence-electron chi connectivity index (χ4n) is 2.07. The average Bonchev–Trinajstić information content (AvgIpc) is 3.26. The van der Waals surface area contributed by atoms with Gasteiger partial charge in [0.1, 0.15) is 11.0 Å². The molecule has 2 aromatic heterocycles. The Morgan fingerprint density at radius 1 is 1.00 bits per heavy atom. The molecule has 0 saturated heterocycles. The van der Waals surface area contributed by atoms with Gasteiger partial charge in [0, 0.05) is 13.1 Å². The molecule has 1 aliphatic rings. The number of aromatic nitrogens is 4. The van der Waals surface area contributed by atoms with Crippen LogP contribution in [0.5, 0.6) is 0 Å². The van der Waals surface area contributed by atoms with Crippen molar-refractivity contribution in [3.63, 3.8) is 0 Å². The third-order valence-corrected chi connectivity index (χ3v) is 3.77. The highest BCUT2D eigenvalue weighted by molar-refractivity contribution is 6.30. The Labute approximate surface area is 143 Å². The van der Waals surface area contributed by atoms with Crippen molar-refractivity contribution in [1.82, 2.24) is 19.9 Å². The summed E-state index contributed by atoms with van der Waals surface area (Å²) in [5.41, 5.74) is 0.0680. The van der Waals surface area contributed by atoms with Crippen LogP contribution >= 0.6 is 23.2 Å². The summed E-state index contributed by atoms with van der Waals surface area (Å²) in [6.45, 7) is 4.48. The molecular formula is C14H18Cl2N6O. The summed E-state index contributed by atoms with van der Waals surface area (Å²) in [6.07, 6.45) is 2.44. The van der Waals surface area contributed by atoms with Gasteiger partial charge >= 0.3 is 0 Å². The second-order valence-corrected chi connectivity index (χ2v) is 7.05. The predicted octanol–water partition coefficient (Wildman–Crippen LogP) is 2.73. The third kappa shape index (κ3) is 4.31. The molecule has 2 heterocycles. The Balaban J connectivity index is 1.98. The van der Waals surface area contributed by atoms with Crippen LogP contribution in [-0.4, -0.2) is 43.7 Å².